The van der Waals surface area contributed by atoms with Crippen LogP contribution in [-0.4, -0.2) is 44.7 Å². The summed E-state index contributed by atoms with van der Waals surface area (Å²) >= 11 is 0. The third-order valence-corrected chi connectivity index (χ3v) is 6.49. The molecule has 2 amide bonds. The van der Waals surface area contributed by atoms with Crippen molar-refractivity contribution < 1.29 is 31.2 Å². The Balaban J connectivity index is 2.32. The lowest BCUT2D eigenvalue weighted by molar-refractivity contribution is -0.161. The molecule has 0 unspecified atom stereocenters. The first-order chi connectivity index (χ1) is 16.1. The van der Waals surface area contributed by atoms with Gasteiger partial charge in [-0.05, 0) is 48.1 Å². The summed E-state index contributed by atoms with van der Waals surface area (Å²) in [5.41, 5.74) is 6.29. The van der Waals surface area contributed by atoms with Crippen LogP contribution in [0.25, 0.3) is 11.1 Å². The first-order valence-electron chi connectivity index (χ1n) is 10.9. The number of hydrogen-bond donors (Lipinski definition) is 3. The minimum Gasteiger partial charge on any atom is -0.368 e. The van der Waals surface area contributed by atoms with Gasteiger partial charge in [0.15, 0.2) is 9.84 Å². The summed E-state index contributed by atoms with van der Waals surface area (Å²) in [4.78, 5) is 24.0. The summed E-state index contributed by atoms with van der Waals surface area (Å²) in [6.45, 7) is 4.90. The number of hydrogen-bond acceptors (Lipinski definition) is 5. The molecule has 2 rings (SSSR count). The molecule has 192 valence electrons. The van der Waals surface area contributed by atoms with E-state index in [9.17, 15) is 31.2 Å². The van der Waals surface area contributed by atoms with Crippen LogP contribution in [0, 0.1) is 5.92 Å². The van der Waals surface area contributed by atoms with Crippen LogP contribution in [0.3, 0.4) is 0 Å². The smallest absolute Gasteiger partial charge is 0.368 e. The van der Waals surface area contributed by atoms with Gasteiger partial charge >= 0.3 is 6.18 Å². The Labute approximate surface area is 203 Å². The lowest BCUT2D eigenvalue weighted by Crippen LogP contribution is -2.53. The van der Waals surface area contributed by atoms with Crippen LogP contribution in [0.4, 0.5) is 13.2 Å². The fraction of sp³-hybridized carbons (Fsp3) is 0.417. The van der Waals surface area contributed by atoms with Gasteiger partial charge in [0, 0.05) is 6.26 Å². The van der Waals surface area contributed by atoms with Gasteiger partial charge in [0.1, 0.15) is 12.1 Å². The number of primary amides is 1. The molecule has 0 radical (unpaired) electrons. The van der Waals surface area contributed by atoms with E-state index in [1.807, 2.05) is 0 Å². The number of nitrogens with one attached hydrogen (secondary N) is 2. The molecule has 2 aromatic carbocycles. The average Bonchev–Trinajstić information content (AvgIpc) is 2.75. The minimum absolute atomic E-state index is 0.0986. The summed E-state index contributed by atoms with van der Waals surface area (Å²) < 4.78 is 65.3. The lowest BCUT2D eigenvalue weighted by Gasteiger charge is -2.29. The molecule has 2 aromatic rings. The quantitative estimate of drug-likeness (QED) is 0.450. The third kappa shape index (κ3) is 8.07. The second-order valence-corrected chi connectivity index (χ2v) is 10.9. The molecular formula is C24H30F3N3O4S. The largest absolute Gasteiger partial charge is 0.407 e. The number of benzene rings is 2. The Morgan fingerprint density at radius 3 is 1.83 bits per heavy atom. The molecule has 35 heavy (non-hydrogen) atoms. The second kappa shape index (κ2) is 11.2. The average molecular weight is 514 g/mol. The molecule has 0 aromatic heterocycles. The number of sulfone groups is 1. The highest BCUT2D eigenvalue weighted by molar-refractivity contribution is 7.90. The van der Waals surface area contributed by atoms with E-state index in [2.05, 4.69) is 10.6 Å². The van der Waals surface area contributed by atoms with Gasteiger partial charge in [-0.2, -0.15) is 13.2 Å². The van der Waals surface area contributed by atoms with Crippen molar-refractivity contribution in [3.05, 3.63) is 54.1 Å². The number of amides is 2. The SMILES string of the molecule is CC(C)C[C@H](N[C@@H](c1ccc(-c2ccc(S(C)(=O)=O)cc2)cc1)C(F)(F)F)C(=O)N[C@@H](C)C(N)=O. The minimum atomic E-state index is -4.70. The first-order valence-corrected chi connectivity index (χ1v) is 12.8. The maximum absolute atomic E-state index is 14.0. The van der Waals surface area contributed by atoms with Crippen LogP contribution in [-0.2, 0) is 19.4 Å². The van der Waals surface area contributed by atoms with Crippen LogP contribution in [0.5, 0.6) is 0 Å². The van der Waals surface area contributed by atoms with Crippen LogP contribution < -0.4 is 16.4 Å². The summed E-state index contributed by atoms with van der Waals surface area (Å²) in [7, 11) is -3.37. The van der Waals surface area contributed by atoms with Gasteiger partial charge < -0.3 is 11.1 Å². The maximum Gasteiger partial charge on any atom is 0.407 e. The predicted octanol–water partition coefficient (Wildman–Crippen LogP) is 3.35. The van der Waals surface area contributed by atoms with E-state index in [-0.39, 0.29) is 22.8 Å². The van der Waals surface area contributed by atoms with Crippen molar-refractivity contribution in [1.29, 1.82) is 0 Å². The van der Waals surface area contributed by atoms with E-state index in [4.69, 9.17) is 5.73 Å². The van der Waals surface area contributed by atoms with Gasteiger partial charge in [-0.1, -0.05) is 50.2 Å². The molecule has 4 N–H and O–H groups in total. The molecule has 0 fully saturated rings. The van der Waals surface area contributed by atoms with Crippen molar-refractivity contribution in [1.82, 2.24) is 10.6 Å². The van der Waals surface area contributed by atoms with Crippen molar-refractivity contribution in [2.24, 2.45) is 11.7 Å². The second-order valence-electron chi connectivity index (χ2n) is 8.87. The predicted molar refractivity (Wildman–Crippen MR) is 127 cm³/mol. The molecule has 0 spiro atoms. The van der Waals surface area contributed by atoms with Gasteiger partial charge in [0.25, 0.3) is 0 Å². The summed E-state index contributed by atoms with van der Waals surface area (Å²) in [6, 6.07) is 7.24. The van der Waals surface area contributed by atoms with Gasteiger partial charge in [-0.3, -0.25) is 14.9 Å². The van der Waals surface area contributed by atoms with Crippen LogP contribution in [0.1, 0.15) is 38.8 Å². The van der Waals surface area contributed by atoms with E-state index in [0.29, 0.717) is 11.1 Å². The van der Waals surface area contributed by atoms with Gasteiger partial charge in [0.05, 0.1) is 10.9 Å². The number of carbonyl (C=O) groups is 2. The molecule has 0 aliphatic heterocycles. The topological polar surface area (TPSA) is 118 Å². The highest BCUT2D eigenvalue weighted by Gasteiger charge is 2.43. The first kappa shape index (κ1) is 28.3. The zero-order valence-electron chi connectivity index (χ0n) is 19.9. The number of halogens is 3. The molecule has 0 saturated heterocycles. The molecule has 3 atom stereocenters. The molecule has 7 nitrogen and oxygen atoms in total. The van der Waals surface area contributed by atoms with E-state index >= 15 is 0 Å². The Bertz CT molecular complexity index is 1130. The van der Waals surface area contributed by atoms with Crippen LogP contribution in [0.2, 0.25) is 0 Å². The van der Waals surface area contributed by atoms with Crippen molar-refractivity contribution in [3.63, 3.8) is 0 Å². The Morgan fingerprint density at radius 2 is 1.43 bits per heavy atom. The summed E-state index contributed by atoms with van der Waals surface area (Å²) in [5.74, 6) is -1.65. The molecule has 0 bridgehead atoms. The van der Waals surface area contributed by atoms with E-state index in [1.165, 1.54) is 43.3 Å². The molecule has 11 heteroatoms. The molecular weight excluding hydrogens is 483 g/mol. The van der Waals surface area contributed by atoms with Gasteiger partial charge in [0.2, 0.25) is 11.8 Å². The van der Waals surface area contributed by atoms with Crippen molar-refractivity contribution >= 4 is 21.7 Å². The molecule has 0 saturated carbocycles. The standard InChI is InChI=1S/C24H30F3N3O4S/c1-14(2)13-20(23(32)29-15(3)22(28)31)30-21(24(25,26)27)18-7-5-16(6-8-18)17-9-11-19(12-10-17)35(4,33)34/h5-12,14-15,20-21,30H,13H2,1-4H3,(H2,28,31)(H,29,32)/t15-,20-,21-/m0/s1. The monoisotopic (exact) mass is 513 g/mol. The number of nitrogens with two attached hydrogens (primary N) is 1. The van der Waals surface area contributed by atoms with E-state index in [0.717, 1.165) is 6.26 Å². The lowest BCUT2D eigenvalue weighted by atomic mass is 9.97. The van der Waals surface area contributed by atoms with E-state index < -0.39 is 46.0 Å². The van der Waals surface area contributed by atoms with Gasteiger partial charge in [-0.15, -0.1) is 0 Å². The summed E-state index contributed by atoms with van der Waals surface area (Å²) in [5, 5.41) is 4.77. The van der Waals surface area contributed by atoms with E-state index in [1.54, 1.807) is 26.0 Å². The Hall–Kier alpha value is -2.92. The van der Waals surface area contributed by atoms with Crippen LogP contribution >= 0.6 is 0 Å². The normalized spacial score (nSPS) is 14.9. The number of carbonyl (C=O) groups excluding carboxylic acids is 2. The zero-order chi connectivity index (χ0) is 26.6. The summed E-state index contributed by atoms with van der Waals surface area (Å²) in [6.07, 6.45) is -3.51. The number of alkyl halides is 3. The Kier molecular flexibility index (Phi) is 9.07. The Morgan fingerprint density at radius 1 is 0.943 bits per heavy atom. The molecule has 0 aliphatic carbocycles. The fourth-order valence-electron chi connectivity index (χ4n) is 3.45. The molecule has 0 heterocycles. The highest BCUT2D eigenvalue weighted by atomic mass is 32.2. The third-order valence-electron chi connectivity index (χ3n) is 5.36. The van der Waals surface area contributed by atoms with Crippen molar-refractivity contribution in [2.45, 2.75) is 56.4 Å². The maximum atomic E-state index is 14.0. The van der Waals surface area contributed by atoms with Crippen molar-refractivity contribution in [2.75, 3.05) is 6.26 Å². The molecule has 0 aliphatic rings. The fourth-order valence-corrected chi connectivity index (χ4v) is 4.08. The van der Waals surface area contributed by atoms with Crippen LogP contribution in [0.15, 0.2) is 53.4 Å². The highest BCUT2D eigenvalue weighted by Crippen LogP contribution is 2.34. The van der Waals surface area contributed by atoms with Crippen molar-refractivity contribution in [3.8, 4) is 11.1 Å². The number of rotatable bonds is 10. The van der Waals surface area contributed by atoms with Gasteiger partial charge in [-0.25, -0.2) is 8.42 Å². The zero-order valence-corrected chi connectivity index (χ0v) is 20.7.